The summed E-state index contributed by atoms with van der Waals surface area (Å²) in [6.45, 7) is 1.81. The van der Waals surface area contributed by atoms with Gasteiger partial charge in [-0.05, 0) is 48.7 Å². The molecule has 6 nitrogen and oxygen atoms in total. The van der Waals surface area contributed by atoms with Crippen LogP contribution in [0.4, 0.5) is 0 Å². The number of benzene rings is 2. The van der Waals surface area contributed by atoms with Crippen LogP contribution in [-0.4, -0.2) is 23.4 Å². The number of rotatable bonds is 6. The van der Waals surface area contributed by atoms with Gasteiger partial charge in [-0.25, -0.2) is 26.7 Å². The average molecular weight is 389 g/mol. The molecule has 0 bridgehead atoms. The molecule has 0 saturated heterocycles. The highest BCUT2D eigenvalue weighted by Gasteiger charge is 2.17. The molecule has 0 radical (unpaired) electrons. The molecule has 0 aliphatic carbocycles. The Morgan fingerprint density at radius 1 is 1.04 bits per heavy atom. The average Bonchev–Trinajstić information content (AvgIpc) is 2.49. The van der Waals surface area contributed by atoms with Crippen molar-refractivity contribution in [2.24, 2.45) is 5.14 Å². The number of hydrogen-bond acceptors (Lipinski definition) is 4. The van der Waals surface area contributed by atoms with Crippen LogP contribution in [0.5, 0.6) is 0 Å². The van der Waals surface area contributed by atoms with Crippen LogP contribution < -0.4 is 9.86 Å². The number of primary sulfonamides is 1. The maximum Gasteiger partial charge on any atom is 0.240 e. The lowest BCUT2D eigenvalue weighted by molar-refractivity contribution is 0.581. The van der Waals surface area contributed by atoms with Crippen LogP contribution in [0.3, 0.4) is 0 Å². The van der Waals surface area contributed by atoms with E-state index < -0.39 is 20.0 Å². The Bertz CT molecular complexity index is 940. The summed E-state index contributed by atoms with van der Waals surface area (Å²) in [6, 6.07) is 10.7. The fourth-order valence-corrected chi connectivity index (χ4v) is 4.18. The molecule has 130 valence electrons. The Morgan fingerprint density at radius 2 is 1.67 bits per heavy atom. The van der Waals surface area contributed by atoms with Crippen molar-refractivity contribution in [3.63, 3.8) is 0 Å². The van der Waals surface area contributed by atoms with Crippen molar-refractivity contribution < 1.29 is 16.8 Å². The van der Waals surface area contributed by atoms with Gasteiger partial charge < -0.3 is 0 Å². The lowest BCUT2D eigenvalue weighted by atomic mass is 10.2. The smallest absolute Gasteiger partial charge is 0.225 e. The van der Waals surface area contributed by atoms with Crippen LogP contribution in [0.25, 0.3) is 0 Å². The van der Waals surface area contributed by atoms with Gasteiger partial charge in [-0.1, -0.05) is 29.8 Å². The molecule has 9 heteroatoms. The molecule has 0 aliphatic heterocycles. The zero-order chi connectivity index (χ0) is 18.0. The Labute approximate surface area is 146 Å². The summed E-state index contributed by atoms with van der Waals surface area (Å²) < 4.78 is 49.5. The van der Waals surface area contributed by atoms with Crippen molar-refractivity contribution in [2.75, 3.05) is 6.54 Å². The zero-order valence-corrected chi connectivity index (χ0v) is 15.2. The molecule has 0 amide bonds. The predicted molar refractivity (Wildman–Crippen MR) is 92.9 cm³/mol. The molecular weight excluding hydrogens is 372 g/mol. The predicted octanol–water partition coefficient (Wildman–Crippen LogP) is 1.82. The fourth-order valence-electron chi connectivity index (χ4n) is 2.13. The van der Waals surface area contributed by atoms with Gasteiger partial charge in [0.1, 0.15) is 0 Å². The van der Waals surface area contributed by atoms with Crippen LogP contribution in [0, 0.1) is 6.92 Å². The summed E-state index contributed by atoms with van der Waals surface area (Å²) >= 11 is 5.95. The molecule has 0 heterocycles. The van der Waals surface area contributed by atoms with Crippen molar-refractivity contribution in [3.05, 3.63) is 58.6 Å². The van der Waals surface area contributed by atoms with Crippen molar-refractivity contribution in [2.45, 2.75) is 23.1 Å². The first-order chi connectivity index (χ1) is 11.1. The second-order valence-electron chi connectivity index (χ2n) is 5.20. The molecule has 2 aromatic carbocycles. The van der Waals surface area contributed by atoms with Crippen LogP contribution in [-0.2, 0) is 26.5 Å². The van der Waals surface area contributed by atoms with E-state index in [4.69, 9.17) is 16.7 Å². The molecule has 0 saturated carbocycles. The second-order valence-corrected chi connectivity index (χ2v) is 8.90. The highest BCUT2D eigenvalue weighted by Crippen LogP contribution is 2.22. The summed E-state index contributed by atoms with van der Waals surface area (Å²) in [5, 5.41) is 5.41. The van der Waals surface area contributed by atoms with Crippen LogP contribution in [0.1, 0.15) is 11.1 Å². The van der Waals surface area contributed by atoms with E-state index in [1.807, 2.05) is 0 Å². The van der Waals surface area contributed by atoms with Gasteiger partial charge in [0.15, 0.2) is 0 Å². The number of halogens is 1. The largest absolute Gasteiger partial charge is 0.240 e. The van der Waals surface area contributed by atoms with Gasteiger partial charge in [0.25, 0.3) is 0 Å². The summed E-state index contributed by atoms with van der Waals surface area (Å²) in [4.78, 5) is 0.154. The van der Waals surface area contributed by atoms with E-state index in [0.717, 1.165) is 5.56 Å². The maximum absolute atomic E-state index is 12.3. The second kappa shape index (κ2) is 7.20. The minimum absolute atomic E-state index is 0.0152. The van der Waals surface area contributed by atoms with Gasteiger partial charge in [-0.3, -0.25) is 0 Å². The van der Waals surface area contributed by atoms with E-state index in [0.29, 0.717) is 17.0 Å². The van der Waals surface area contributed by atoms with Crippen molar-refractivity contribution in [1.82, 2.24) is 4.72 Å². The molecule has 0 unspecified atom stereocenters. The number of nitrogens with one attached hydrogen (secondary N) is 1. The molecule has 3 N–H and O–H groups in total. The number of hydrogen-bond donors (Lipinski definition) is 2. The topological polar surface area (TPSA) is 106 Å². The first-order valence-corrected chi connectivity index (χ1v) is 10.4. The van der Waals surface area contributed by atoms with Crippen LogP contribution in [0.2, 0.25) is 5.02 Å². The highest BCUT2D eigenvalue weighted by atomic mass is 35.5. The van der Waals surface area contributed by atoms with Gasteiger partial charge in [0.2, 0.25) is 20.0 Å². The highest BCUT2D eigenvalue weighted by molar-refractivity contribution is 7.89. The van der Waals surface area contributed by atoms with E-state index in [-0.39, 0.29) is 16.3 Å². The molecule has 0 fully saturated rings. The standard InChI is InChI=1S/C15H17ClN2O4S2/c1-11-14(16)3-2-4-15(11)24(21,22)18-10-9-12-5-7-13(8-6-12)23(17,19)20/h2-8,18H,9-10H2,1H3,(H2,17,19,20). The van der Waals surface area contributed by atoms with Crippen LogP contribution in [0.15, 0.2) is 52.3 Å². The minimum Gasteiger partial charge on any atom is -0.225 e. The quantitative estimate of drug-likeness (QED) is 0.786. The van der Waals surface area contributed by atoms with E-state index in [9.17, 15) is 16.8 Å². The maximum atomic E-state index is 12.3. The molecule has 24 heavy (non-hydrogen) atoms. The SMILES string of the molecule is Cc1c(Cl)cccc1S(=O)(=O)NCCc1ccc(S(N)(=O)=O)cc1. The van der Waals surface area contributed by atoms with E-state index >= 15 is 0 Å². The molecule has 0 aromatic heterocycles. The van der Waals surface area contributed by atoms with E-state index in [1.165, 1.54) is 18.2 Å². The van der Waals surface area contributed by atoms with Gasteiger partial charge in [0.05, 0.1) is 9.79 Å². The Kier molecular flexibility index (Phi) is 5.67. The van der Waals surface area contributed by atoms with Crippen molar-refractivity contribution in [1.29, 1.82) is 0 Å². The molecule has 2 rings (SSSR count). The summed E-state index contributed by atoms with van der Waals surface area (Å²) in [7, 11) is -7.40. The molecular formula is C15H17ClN2O4S2. The Balaban J connectivity index is 2.04. The summed E-state index contributed by atoms with van der Waals surface area (Å²) in [5.74, 6) is 0. The van der Waals surface area contributed by atoms with Gasteiger partial charge in [0, 0.05) is 11.6 Å². The number of nitrogens with two attached hydrogens (primary N) is 1. The summed E-state index contributed by atoms with van der Waals surface area (Å²) in [6.07, 6.45) is 0.406. The third-order valence-electron chi connectivity index (χ3n) is 3.47. The van der Waals surface area contributed by atoms with E-state index in [1.54, 1.807) is 31.2 Å². The van der Waals surface area contributed by atoms with E-state index in [2.05, 4.69) is 4.72 Å². The minimum atomic E-state index is -3.73. The molecule has 0 spiro atoms. The molecule has 2 aromatic rings. The molecule has 0 aliphatic rings. The van der Waals surface area contributed by atoms with Gasteiger partial charge in [-0.15, -0.1) is 0 Å². The first-order valence-electron chi connectivity index (χ1n) is 6.98. The van der Waals surface area contributed by atoms with Crippen LogP contribution >= 0.6 is 11.6 Å². The van der Waals surface area contributed by atoms with Crippen molar-refractivity contribution >= 4 is 31.6 Å². The van der Waals surface area contributed by atoms with Gasteiger partial charge >= 0.3 is 0 Å². The monoisotopic (exact) mass is 388 g/mol. The zero-order valence-electron chi connectivity index (χ0n) is 12.9. The first kappa shape index (κ1) is 18.9. The Hall–Kier alpha value is -1.45. The normalized spacial score (nSPS) is 12.3. The third kappa shape index (κ3) is 4.55. The fraction of sp³-hybridized carbons (Fsp3) is 0.200. The number of sulfonamides is 2. The molecule has 0 atom stereocenters. The lowest BCUT2D eigenvalue weighted by Crippen LogP contribution is -2.26. The third-order valence-corrected chi connectivity index (χ3v) is 6.41. The van der Waals surface area contributed by atoms with Gasteiger partial charge in [-0.2, -0.15) is 0 Å². The van der Waals surface area contributed by atoms with Crippen molar-refractivity contribution in [3.8, 4) is 0 Å². The lowest BCUT2D eigenvalue weighted by Gasteiger charge is -2.10. The Morgan fingerprint density at radius 3 is 2.25 bits per heavy atom. The summed E-state index contributed by atoms with van der Waals surface area (Å²) in [5.41, 5.74) is 1.28.